The average Bonchev–Trinajstić information content (AvgIpc) is 3.10. The van der Waals surface area contributed by atoms with E-state index in [1.807, 2.05) is 6.07 Å². The van der Waals surface area contributed by atoms with Gasteiger partial charge in [0.2, 0.25) is 0 Å². The van der Waals surface area contributed by atoms with Gasteiger partial charge >= 0.3 is 0 Å². The Hall–Kier alpha value is -1.36. The molecule has 0 aliphatic heterocycles. The van der Waals surface area contributed by atoms with Crippen LogP contribution in [0.25, 0.3) is 0 Å². The van der Waals surface area contributed by atoms with E-state index in [2.05, 4.69) is 48.1 Å². The molecule has 1 heterocycles. The van der Waals surface area contributed by atoms with E-state index in [-0.39, 0.29) is 0 Å². The Balaban J connectivity index is 2.11. The van der Waals surface area contributed by atoms with Gasteiger partial charge < -0.3 is 16.0 Å². The lowest BCUT2D eigenvalue weighted by Gasteiger charge is -2.26. The van der Waals surface area contributed by atoms with Crippen molar-refractivity contribution >= 4 is 11.6 Å². The van der Waals surface area contributed by atoms with Gasteiger partial charge in [-0.3, -0.25) is 0 Å². The predicted octanol–water partition coefficient (Wildman–Crippen LogP) is 1.93. The van der Waals surface area contributed by atoms with Gasteiger partial charge in [0.05, 0.1) is 0 Å². The van der Waals surface area contributed by atoms with Crippen molar-refractivity contribution in [3.05, 3.63) is 11.9 Å². The van der Waals surface area contributed by atoms with E-state index in [1.54, 1.807) is 0 Å². The Kier molecular flexibility index (Phi) is 4.24. The number of nitrogen functional groups attached to an aromatic ring is 1. The van der Waals surface area contributed by atoms with Crippen molar-refractivity contribution in [3.63, 3.8) is 0 Å². The van der Waals surface area contributed by atoms with Gasteiger partial charge in [0.15, 0.2) is 0 Å². The summed E-state index contributed by atoms with van der Waals surface area (Å²) >= 11 is 0. The number of anilines is 2. The molecular weight excluding hydrogens is 238 g/mol. The Morgan fingerprint density at radius 3 is 2.58 bits per heavy atom. The van der Waals surface area contributed by atoms with Crippen LogP contribution in [0, 0.1) is 5.92 Å². The normalized spacial score (nSPS) is 16.9. The molecule has 1 atom stereocenters. The maximum atomic E-state index is 5.88. The van der Waals surface area contributed by atoms with Gasteiger partial charge in [-0.15, -0.1) is 0 Å². The van der Waals surface area contributed by atoms with E-state index in [4.69, 9.17) is 5.73 Å². The SMILES string of the molecule is CC(C)C(CN(C)C)Nc1cc(N)nc(C2CC2)n1. The highest BCUT2D eigenvalue weighted by atomic mass is 15.1. The molecule has 5 nitrogen and oxygen atoms in total. The van der Waals surface area contributed by atoms with E-state index >= 15 is 0 Å². The van der Waals surface area contributed by atoms with Gasteiger partial charge in [-0.2, -0.15) is 0 Å². The van der Waals surface area contributed by atoms with Crippen LogP contribution in [0.3, 0.4) is 0 Å². The maximum absolute atomic E-state index is 5.88. The van der Waals surface area contributed by atoms with Crippen molar-refractivity contribution in [1.29, 1.82) is 0 Å². The van der Waals surface area contributed by atoms with E-state index in [0.29, 0.717) is 23.7 Å². The lowest BCUT2D eigenvalue weighted by Crippen LogP contribution is -2.36. The van der Waals surface area contributed by atoms with Crippen molar-refractivity contribution < 1.29 is 0 Å². The summed E-state index contributed by atoms with van der Waals surface area (Å²) in [6.07, 6.45) is 2.38. The molecule has 1 saturated carbocycles. The van der Waals surface area contributed by atoms with Gasteiger partial charge in [-0.05, 0) is 32.9 Å². The fraction of sp³-hybridized carbons (Fsp3) is 0.714. The molecule has 1 fully saturated rings. The third-order valence-corrected chi connectivity index (χ3v) is 3.41. The number of nitrogens with zero attached hydrogens (tertiary/aromatic N) is 3. The molecule has 3 N–H and O–H groups in total. The summed E-state index contributed by atoms with van der Waals surface area (Å²) in [5.74, 6) is 3.37. The van der Waals surface area contributed by atoms with E-state index in [9.17, 15) is 0 Å². The lowest BCUT2D eigenvalue weighted by molar-refractivity contribution is 0.344. The van der Waals surface area contributed by atoms with Crippen molar-refractivity contribution in [2.75, 3.05) is 31.7 Å². The van der Waals surface area contributed by atoms with Gasteiger partial charge in [0.1, 0.15) is 17.5 Å². The number of hydrogen-bond donors (Lipinski definition) is 2. The first kappa shape index (κ1) is 14.1. The Morgan fingerprint density at radius 2 is 2.05 bits per heavy atom. The second-order valence-electron chi connectivity index (χ2n) is 6.07. The van der Waals surface area contributed by atoms with Crippen molar-refractivity contribution in [3.8, 4) is 0 Å². The van der Waals surface area contributed by atoms with Gasteiger partial charge in [-0.1, -0.05) is 13.8 Å². The minimum atomic E-state index is 0.358. The first-order chi connectivity index (χ1) is 8.95. The first-order valence-electron chi connectivity index (χ1n) is 7.01. The van der Waals surface area contributed by atoms with Crippen LogP contribution in [0.4, 0.5) is 11.6 Å². The molecular formula is C14H25N5. The van der Waals surface area contributed by atoms with Crippen LogP contribution in [-0.4, -0.2) is 41.5 Å². The molecule has 0 spiro atoms. The quantitative estimate of drug-likeness (QED) is 0.821. The topological polar surface area (TPSA) is 67.1 Å². The number of rotatable bonds is 6. The van der Waals surface area contributed by atoms with Crippen LogP contribution >= 0.6 is 0 Å². The highest BCUT2D eigenvalue weighted by molar-refractivity contribution is 5.46. The first-order valence-corrected chi connectivity index (χ1v) is 7.01. The molecule has 19 heavy (non-hydrogen) atoms. The summed E-state index contributed by atoms with van der Waals surface area (Å²) in [7, 11) is 4.17. The van der Waals surface area contributed by atoms with Crippen LogP contribution in [-0.2, 0) is 0 Å². The third-order valence-electron chi connectivity index (χ3n) is 3.41. The lowest BCUT2D eigenvalue weighted by atomic mass is 10.0. The van der Waals surface area contributed by atoms with Crippen LogP contribution in [0.15, 0.2) is 6.07 Å². The molecule has 1 aromatic rings. The number of nitrogens with two attached hydrogens (primary N) is 1. The zero-order valence-electron chi connectivity index (χ0n) is 12.3. The molecule has 1 aliphatic rings. The number of nitrogens with one attached hydrogen (secondary N) is 1. The van der Waals surface area contributed by atoms with E-state index in [0.717, 1.165) is 18.2 Å². The Bertz CT molecular complexity index is 426. The maximum Gasteiger partial charge on any atom is 0.136 e. The molecule has 1 aliphatic carbocycles. The largest absolute Gasteiger partial charge is 0.384 e. The molecule has 1 unspecified atom stereocenters. The molecule has 0 radical (unpaired) electrons. The smallest absolute Gasteiger partial charge is 0.136 e. The molecule has 2 rings (SSSR count). The second-order valence-corrected chi connectivity index (χ2v) is 6.07. The molecule has 1 aromatic heterocycles. The molecule has 5 heteroatoms. The number of hydrogen-bond acceptors (Lipinski definition) is 5. The van der Waals surface area contributed by atoms with Gasteiger partial charge in [-0.25, -0.2) is 9.97 Å². The minimum Gasteiger partial charge on any atom is -0.384 e. The summed E-state index contributed by atoms with van der Waals surface area (Å²) in [4.78, 5) is 11.1. The highest BCUT2D eigenvalue weighted by Crippen LogP contribution is 2.38. The summed E-state index contributed by atoms with van der Waals surface area (Å²) < 4.78 is 0. The molecule has 0 aromatic carbocycles. The Morgan fingerprint density at radius 1 is 1.37 bits per heavy atom. The fourth-order valence-corrected chi connectivity index (χ4v) is 2.09. The monoisotopic (exact) mass is 263 g/mol. The predicted molar refractivity (Wildman–Crippen MR) is 79.2 cm³/mol. The molecule has 0 amide bonds. The molecule has 0 bridgehead atoms. The minimum absolute atomic E-state index is 0.358. The molecule has 106 valence electrons. The van der Waals surface area contributed by atoms with E-state index in [1.165, 1.54) is 12.8 Å². The van der Waals surface area contributed by atoms with Gasteiger partial charge in [0, 0.05) is 24.6 Å². The van der Waals surface area contributed by atoms with Crippen LogP contribution in [0.2, 0.25) is 0 Å². The van der Waals surface area contributed by atoms with Gasteiger partial charge in [0.25, 0.3) is 0 Å². The second kappa shape index (κ2) is 5.74. The number of aromatic nitrogens is 2. The standard InChI is InChI=1S/C14H25N5/c1-9(2)11(8-19(3)4)16-13-7-12(15)17-14(18-13)10-5-6-10/h7,9-11H,5-6,8H2,1-4H3,(H3,15,16,17,18). The van der Waals surface area contributed by atoms with Crippen molar-refractivity contribution in [2.45, 2.75) is 38.6 Å². The summed E-state index contributed by atoms with van der Waals surface area (Å²) in [6, 6.07) is 2.19. The third kappa shape index (κ3) is 4.06. The van der Waals surface area contributed by atoms with Crippen LogP contribution < -0.4 is 11.1 Å². The van der Waals surface area contributed by atoms with Crippen molar-refractivity contribution in [2.24, 2.45) is 5.92 Å². The summed E-state index contributed by atoms with van der Waals surface area (Å²) in [5.41, 5.74) is 5.88. The zero-order valence-corrected chi connectivity index (χ0v) is 12.3. The summed E-state index contributed by atoms with van der Waals surface area (Å²) in [5, 5.41) is 3.50. The highest BCUT2D eigenvalue weighted by Gasteiger charge is 2.27. The number of likely N-dealkylation sites (N-methyl/N-ethyl adjacent to an activating group) is 1. The summed E-state index contributed by atoms with van der Waals surface area (Å²) in [6.45, 7) is 5.40. The fourth-order valence-electron chi connectivity index (χ4n) is 2.09. The molecule has 0 saturated heterocycles. The zero-order chi connectivity index (χ0) is 14.0. The van der Waals surface area contributed by atoms with Crippen molar-refractivity contribution in [1.82, 2.24) is 14.9 Å². The van der Waals surface area contributed by atoms with Crippen LogP contribution in [0.5, 0.6) is 0 Å². The van der Waals surface area contributed by atoms with E-state index < -0.39 is 0 Å². The Labute approximate surface area is 115 Å². The van der Waals surface area contributed by atoms with Crippen LogP contribution in [0.1, 0.15) is 38.4 Å². The average molecular weight is 263 g/mol.